The van der Waals surface area contributed by atoms with E-state index in [1.54, 1.807) is 6.20 Å². The molecule has 2 heterocycles. The van der Waals surface area contributed by atoms with Gasteiger partial charge in [0.15, 0.2) is 10.9 Å². The van der Waals surface area contributed by atoms with E-state index in [9.17, 15) is 4.79 Å². The van der Waals surface area contributed by atoms with Gasteiger partial charge in [-0.15, -0.1) is 0 Å². The van der Waals surface area contributed by atoms with Crippen molar-refractivity contribution in [2.75, 3.05) is 36.8 Å². The first-order valence-electron chi connectivity index (χ1n) is 9.09. The molecule has 0 spiro atoms. The minimum absolute atomic E-state index is 0.0609. The van der Waals surface area contributed by atoms with Crippen LogP contribution in [-0.4, -0.2) is 36.9 Å². The van der Waals surface area contributed by atoms with Crippen molar-refractivity contribution in [3.05, 3.63) is 65.2 Å². The molecule has 0 atom stereocenters. The molecule has 3 aromatic rings. The average Bonchev–Trinajstić information content (AvgIpc) is 3.21. The van der Waals surface area contributed by atoms with E-state index in [2.05, 4.69) is 27.3 Å². The van der Waals surface area contributed by atoms with Crippen molar-refractivity contribution >= 4 is 27.9 Å². The van der Waals surface area contributed by atoms with Crippen molar-refractivity contribution in [2.24, 2.45) is 0 Å². The van der Waals surface area contributed by atoms with E-state index in [0.717, 1.165) is 48.0 Å². The van der Waals surface area contributed by atoms with Gasteiger partial charge in [0.25, 0.3) is 0 Å². The summed E-state index contributed by atoms with van der Waals surface area (Å²) in [5, 5.41) is 4.25. The fourth-order valence-corrected chi connectivity index (χ4v) is 4.13. The Balaban J connectivity index is 1.52. The predicted octanol–water partition coefficient (Wildman–Crippen LogP) is 3.23. The van der Waals surface area contributed by atoms with Gasteiger partial charge in [-0.05, 0) is 28.8 Å². The minimum atomic E-state index is 0.0609. The summed E-state index contributed by atoms with van der Waals surface area (Å²) in [7, 11) is 0. The minimum Gasteiger partial charge on any atom is -0.398 e. The molecule has 1 aliphatic rings. The molecular formula is C21H22N4OS. The second-order valence-corrected chi connectivity index (χ2v) is 7.63. The van der Waals surface area contributed by atoms with Gasteiger partial charge in [0.2, 0.25) is 0 Å². The molecule has 27 heavy (non-hydrogen) atoms. The third kappa shape index (κ3) is 4.02. The van der Waals surface area contributed by atoms with Gasteiger partial charge in [0.05, 0.1) is 11.1 Å². The summed E-state index contributed by atoms with van der Waals surface area (Å²) in [6.45, 7) is 3.75. The van der Waals surface area contributed by atoms with E-state index in [-0.39, 0.29) is 12.2 Å². The Bertz CT molecular complexity index is 932. The number of hydrogen-bond donors (Lipinski definition) is 2. The average molecular weight is 379 g/mol. The Morgan fingerprint density at radius 1 is 1.11 bits per heavy atom. The Labute approximate surface area is 162 Å². The predicted molar refractivity (Wildman–Crippen MR) is 112 cm³/mol. The summed E-state index contributed by atoms with van der Waals surface area (Å²) in [6.07, 6.45) is 1.98. The van der Waals surface area contributed by atoms with Crippen LogP contribution in [0.4, 0.5) is 10.8 Å². The Hall–Kier alpha value is -2.70. The standard InChI is InChI=1S/C21H22N4OS/c22-18-7-6-16(15-4-2-1-3-5-15)12-17(18)13-19(26)20-14-24-21(27-20)25-10-8-23-9-11-25/h1-7,12,14,23H,8-11,13,22H2. The van der Waals surface area contributed by atoms with Crippen molar-refractivity contribution in [3.8, 4) is 11.1 Å². The number of rotatable bonds is 5. The number of nitrogens with zero attached hydrogens (tertiary/aromatic N) is 2. The van der Waals surface area contributed by atoms with Crippen LogP contribution >= 0.6 is 11.3 Å². The molecule has 1 fully saturated rings. The number of aromatic nitrogens is 1. The molecular weight excluding hydrogens is 356 g/mol. The highest BCUT2D eigenvalue weighted by Gasteiger charge is 2.18. The van der Waals surface area contributed by atoms with Gasteiger partial charge in [-0.25, -0.2) is 4.98 Å². The molecule has 4 rings (SSSR count). The molecule has 138 valence electrons. The van der Waals surface area contributed by atoms with Crippen molar-refractivity contribution < 1.29 is 4.79 Å². The molecule has 0 saturated carbocycles. The van der Waals surface area contributed by atoms with Crippen LogP contribution in [0.2, 0.25) is 0 Å². The third-order valence-corrected chi connectivity index (χ3v) is 5.86. The first kappa shape index (κ1) is 17.7. The van der Waals surface area contributed by atoms with Crippen molar-refractivity contribution in [2.45, 2.75) is 6.42 Å². The van der Waals surface area contributed by atoms with Gasteiger partial charge in [0.1, 0.15) is 0 Å². The van der Waals surface area contributed by atoms with Gasteiger partial charge in [-0.2, -0.15) is 0 Å². The molecule has 0 unspecified atom stereocenters. The maximum absolute atomic E-state index is 12.8. The monoisotopic (exact) mass is 378 g/mol. The number of Topliss-reactive ketones (excluding diaryl/α,β-unsaturated/α-hetero) is 1. The molecule has 1 aromatic heterocycles. The number of hydrogen-bond acceptors (Lipinski definition) is 6. The van der Waals surface area contributed by atoms with Crippen LogP contribution in [0.5, 0.6) is 0 Å². The number of nitrogen functional groups attached to an aromatic ring is 1. The zero-order valence-electron chi connectivity index (χ0n) is 15.0. The van der Waals surface area contributed by atoms with Crippen LogP contribution in [0.3, 0.4) is 0 Å². The molecule has 1 aliphatic heterocycles. The third-order valence-electron chi connectivity index (χ3n) is 4.76. The number of carbonyl (C=O) groups excluding carboxylic acids is 1. The van der Waals surface area contributed by atoms with Gasteiger partial charge in [0, 0.05) is 38.3 Å². The second-order valence-electron chi connectivity index (χ2n) is 6.62. The molecule has 5 nitrogen and oxygen atoms in total. The van der Waals surface area contributed by atoms with E-state index < -0.39 is 0 Å². The normalized spacial score (nSPS) is 14.3. The molecule has 0 amide bonds. The highest BCUT2D eigenvalue weighted by Crippen LogP contribution is 2.27. The smallest absolute Gasteiger partial charge is 0.186 e. The van der Waals surface area contributed by atoms with Crippen LogP contribution in [-0.2, 0) is 6.42 Å². The van der Waals surface area contributed by atoms with Crippen LogP contribution < -0.4 is 16.0 Å². The zero-order chi connectivity index (χ0) is 18.6. The lowest BCUT2D eigenvalue weighted by Crippen LogP contribution is -2.43. The molecule has 0 aliphatic carbocycles. The lowest BCUT2D eigenvalue weighted by molar-refractivity contribution is 0.0997. The number of anilines is 2. The highest BCUT2D eigenvalue weighted by molar-refractivity contribution is 7.17. The second kappa shape index (κ2) is 7.90. The van der Waals surface area contributed by atoms with Crippen LogP contribution in [0.15, 0.2) is 54.7 Å². The molecule has 6 heteroatoms. The summed E-state index contributed by atoms with van der Waals surface area (Å²) >= 11 is 1.47. The lowest BCUT2D eigenvalue weighted by Gasteiger charge is -2.26. The van der Waals surface area contributed by atoms with Crippen LogP contribution in [0.1, 0.15) is 15.2 Å². The molecule has 1 saturated heterocycles. The topological polar surface area (TPSA) is 71.2 Å². The Morgan fingerprint density at radius 2 is 1.89 bits per heavy atom. The fraction of sp³-hybridized carbons (Fsp3) is 0.238. The van der Waals surface area contributed by atoms with E-state index >= 15 is 0 Å². The number of nitrogens with two attached hydrogens (primary N) is 1. The van der Waals surface area contributed by atoms with E-state index in [1.165, 1.54) is 11.3 Å². The summed E-state index contributed by atoms with van der Waals surface area (Å²) in [5.74, 6) is 0.0609. The number of benzene rings is 2. The molecule has 0 radical (unpaired) electrons. The van der Waals surface area contributed by atoms with Gasteiger partial charge in [-0.3, -0.25) is 4.79 Å². The van der Waals surface area contributed by atoms with E-state index in [4.69, 9.17) is 5.73 Å². The first-order chi connectivity index (χ1) is 13.2. The van der Waals surface area contributed by atoms with Crippen LogP contribution in [0, 0.1) is 0 Å². The van der Waals surface area contributed by atoms with Gasteiger partial charge in [-0.1, -0.05) is 47.7 Å². The number of piperazine rings is 1. The zero-order valence-corrected chi connectivity index (χ0v) is 15.8. The van der Waals surface area contributed by atoms with Gasteiger partial charge < -0.3 is 16.0 Å². The fourth-order valence-electron chi connectivity index (χ4n) is 3.23. The van der Waals surface area contributed by atoms with Crippen molar-refractivity contribution in [1.29, 1.82) is 0 Å². The van der Waals surface area contributed by atoms with E-state index in [0.29, 0.717) is 10.6 Å². The lowest BCUT2D eigenvalue weighted by atomic mass is 9.99. The maximum atomic E-state index is 12.8. The Morgan fingerprint density at radius 3 is 2.67 bits per heavy atom. The number of nitrogens with one attached hydrogen (secondary N) is 1. The number of thiazole rings is 1. The first-order valence-corrected chi connectivity index (χ1v) is 9.91. The number of ketones is 1. The van der Waals surface area contributed by atoms with E-state index in [1.807, 2.05) is 36.4 Å². The largest absolute Gasteiger partial charge is 0.398 e. The Kier molecular flexibility index (Phi) is 5.18. The summed E-state index contributed by atoms with van der Waals surface area (Å²) in [5.41, 5.74) is 9.83. The maximum Gasteiger partial charge on any atom is 0.186 e. The molecule has 2 aromatic carbocycles. The summed E-state index contributed by atoms with van der Waals surface area (Å²) in [6, 6.07) is 16.0. The summed E-state index contributed by atoms with van der Waals surface area (Å²) < 4.78 is 0. The molecule has 0 bridgehead atoms. The quantitative estimate of drug-likeness (QED) is 0.527. The highest BCUT2D eigenvalue weighted by atomic mass is 32.1. The SMILES string of the molecule is Nc1ccc(-c2ccccc2)cc1CC(=O)c1cnc(N2CCNCC2)s1. The summed E-state index contributed by atoms with van der Waals surface area (Å²) in [4.78, 5) is 20.2. The van der Waals surface area contributed by atoms with Gasteiger partial charge >= 0.3 is 0 Å². The molecule has 3 N–H and O–H groups in total. The van der Waals surface area contributed by atoms with Crippen molar-refractivity contribution in [1.82, 2.24) is 10.3 Å². The van der Waals surface area contributed by atoms with Crippen LogP contribution in [0.25, 0.3) is 11.1 Å². The van der Waals surface area contributed by atoms with Crippen molar-refractivity contribution in [3.63, 3.8) is 0 Å². The number of carbonyl (C=O) groups is 1.